The minimum absolute atomic E-state index is 0.237. The summed E-state index contributed by atoms with van der Waals surface area (Å²) >= 11 is 0. The Balaban J connectivity index is 7.27. The smallest absolute Gasteiger partial charge is 0.460 e. The molecule has 40 heavy (non-hydrogen) atoms. The number of sulfonamides is 1. The van der Waals surface area contributed by atoms with Crippen LogP contribution in [0.4, 0.5) is 74.6 Å². The molecule has 0 saturated carbocycles. The first-order valence-corrected chi connectivity index (χ1v) is 11.4. The van der Waals surface area contributed by atoms with Crippen molar-refractivity contribution in [2.75, 3.05) is 6.54 Å². The maximum Gasteiger partial charge on any atom is 0.460 e. The van der Waals surface area contributed by atoms with E-state index in [9.17, 15) is 87.8 Å². The first kappa shape index (κ1) is 37.8. The Labute approximate surface area is 212 Å². The molecule has 0 spiro atoms. The third-order valence-corrected chi connectivity index (χ3v) is 6.82. The minimum atomic E-state index is -8.94. The van der Waals surface area contributed by atoms with Crippen LogP contribution in [-0.2, 0) is 14.8 Å². The normalized spacial score (nSPS) is 15.8. The molecular weight excluding hydrogens is 637 g/mol. The monoisotopic (exact) mass is 653 g/mol. The first-order chi connectivity index (χ1) is 17.3. The van der Waals surface area contributed by atoms with E-state index in [1.54, 1.807) is 0 Å². The lowest BCUT2D eigenvalue weighted by Crippen LogP contribution is -2.75. The summed E-state index contributed by atoms with van der Waals surface area (Å²) in [4.78, 5) is 11.0. The number of hydrogen-bond donors (Lipinski definition) is 1. The van der Waals surface area contributed by atoms with E-state index in [1.165, 1.54) is 0 Å². The Morgan fingerprint density at radius 3 is 1.32 bits per heavy atom. The van der Waals surface area contributed by atoms with Crippen LogP contribution in [0.1, 0.15) is 33.1 Å². The second-order valence-corrected chi connectivity index (χ2v) is 9.68. The van der Waals surface area contributed by atoms with Crippen LogP contribution in [0.3, 0.4) is 0 Å². The van der Waals surface area contributed by atoms with Crippen molar-refractivity contribution in [3.63, 3.8) is 0 Å². The van der Waals surface area contributed by atoms with Gasteiger partial charge in [0.05, 0.1) is 5.57 Å². The van der Waals surface area contributed by atoms with Gasteiger partial charge in [-0.25, -0.2) is 4.79 Å². The number of aliphatic carboxylic acids is 1. The molecule has 5 nitrogen and oxygen atoms in total. The number of unbranched alkanes of at least 4 members (excludes halogenated alkanes) is 1. The largest absolute Gasteiger partial charge is 0.478 e. The van der Waals surface area contributed by atoms with Crippen LogP contribution in [0.15, 0.2) is 11.8 Å². The van der Waals surface area contributed by atoms with E-state index in [0.29, 0.717) is 0 Å². The fourth-order valence-electron chi connectivity index (χ4n) is 2.50. The Bertz CT molecular complexity index is 1070. The van der Waals surface area contributed by atoms with Gasteiger partial charge in [-0.1, -0.05) is 20.3 Å². The molecule has 0 aromatic carbocycles. The van der Waals surface area contributed by atoms with Gasteiger partial charge in [0.1, 0.15) is 0 Å². The highest BCUT2D eigenvalue weighted by molar-refractivity contribution is 7.90. The quantitative estimate of drug-likeness (QED) is 0.166. The van der Waals surface area contributed by atoms with Crippen molar-refractivity contribution in [2.24, 2.45) is 0 Å². The zero-order chi connectivity index (χ0) is 32.8. The van der Waals surface area contributed by atoms with E-state index in [4.69, 9.17) is 5.11 Å². The lowest BCUT2D eigenvalue weighted by Gasteiger charge is -2.43. The van der Waals surface area contributed by atoms with Gasteiger partial charge < -0.3 is 5.11 Å². The summed E-state index contributed by atoms with van der Waals surface area (Å²) in [5, 5.41) is 1.10. The summed E-state index contributed by atoms with van der Waals surface area (Å²) in [6.07, 6.45) is -10.00. The second kappa shape index (κ2) is 10.9. The lowest BCUT2D eigenvalue weighted by molar-refractivity contribution is -0.458. The maximum absolute atomic E-state index is 14.4. The van der Waals surface area contributed by atoms with E-state index < -0.39 is 92.2 Å². The minimum Gasteiger partial charge on any atom is -0.478 e. The third kappa shape index (κ3) is 5.37. The summed E-state index contributed by atoms with van der Waals surface area (Å²) in [6, 6.07) is 0. The van der Waals surface area contributed by atoms with Gasteiger partial charge in [-0.2, -0.15) is 83.1 Å². The SMILES string of the molecule is CCCCN(C=C(CC)C(=O)O)S(=O)(=O)C(F)(F)C(F)(F)C(F)(F)C(F)(F)C(F)(F)C(F)(F)C(F)(F)C(F)(F)F. The molecule has 23 heteroatoms. The second-order valence-electron chi connectivity index (χ2n) is 7.74. The maximum atomic E-state index is 14.4. The van der Waals surface area contributed by atoms with Crippen LogP contribution in [0.2, 0.25) is 0 Å². The predicted octanol–water partition coefficient (Wildman–Crippen LogP) is 6.76. The fraction of sp³-hybridized carbons (Fsp3) is 0.824. The Hall–Kier alpha value is -2.23. The Kier molecular flexibility index (Phi) is 10.3. The number of alkyl halides is 17. The molecule has 0 aliphatic rings. The van der Waals surface area contributed by atoms with Crippen LogP contribution < -0.4 is 0 Å². The molecule has 0 aliphatic heterocycles. The van der Waals surface area contributed by atoms with Gasteiger partial charge in [0.25, 0.3) is 0 Å². The van der Waals surface area contributed by atoms with E-state index in [2.05, 4.69) is 0 Å². The molecule has 0 unspecified atom stereocenters. The average Bonchev–Trinajstić information content (AvgIpc) is 2.76. The number of halogens is 17. The predicted molar refractivity (Wildman–Crippen MR) is 97.2 cm³/mol. The summed E-state index contributed by atoms with van der Waals surface area (Å²) in [5.41, 5.74) is -1.23. The molecule has 238 valence electrons. The van der Waals surface area contributed by atoms with E-state index in [-0.39, 0.29) is 12.6 Å². The van der Waals surface area contributed by atoms with E-state index in [0.717, 1.165) is 13.8 Å². The molecule has 0 aromatic heterocycles. The van der Waals surface area contributed by atoms with Crippen molar-refractivity contribution in [3.8, 4) is 0 Å². The summed E-state index contributed by atoms with van der Waals surface area (Å²) in [5.74, 6) is -54.3. The highest BCUT2D eigenvalue weighted by atomic mass is 32.2. The van der Waals surface area contributed by atoms with Crippen molar-refractivity contribution in [1.29, 1.82) is 0 Å². The highest BCUT2D eigenvalue weighted by Gasteiger charge is 2.96. The van der Waals surface area contributed by atoms with Crippen LogP contribution in [0, 0.1) is 0 Å². The summed E-state index contributed by atoms with van der Waals surface area (Å²) in [7, 11) is -7.61. The summed E-state index contributed by atoms with van der Waals surface area (Å²) in [6.45, 7) is 0.577. The van der Waals surface area contributed by atoms with E-state index in [1.807, 2.05) is 0 Å². The molecule has 0 fully saturated rings. The lowest BCUT2D eigenvalue weighted by atomic mass is 9.91. The molecule has 0 radical (unpaired) electrons. The van der Waals surface area contributed by atoms with Crippen molar-refractivity contribution in [3.05, 3.63) is 11.8 Å². The molecular formula is C17H16F17NO4S. The van der Waals surface area contributed by atoms with Crippen molar-refractivity contribution < 1.29 is 93.0 Å². The molecule has 0 rings (SSSR count). The number of nitrogens with zero attached hydrogens (tertiary/aromatic N) is 1. The molecule has 0 saturated heterocycles. The topological polar surface area (TPSA) is 74.7 Å². The fourth-order valence-corrected chi connectivity index (χ4v) is 3.88. The van der Waals surface area contributed by atoms with Crippen LogP contribution in [-0.4, -0.2) is 77.3 Å². The Morgan fingerprint density at radius 1 is 0.675 bits per heavy atom. The van der Waals surface area contributed by atoms with Crippen molar-refractivity contribution >= 4 is 16.0 Å². The number of rotatable bonds is 14. The van der Waals surface area contributed by atoms with Gasteiger partial charge in [0.15, 0.2) is 0 Å². The van der Waals surface area contributed by atoms with Crippen LogP contribution >= 0.6 is 0 Å². The van der Waals surface area contributed by atoms with Gasteiger partial charge in [-0.3, -0.25) is 4.31 Å². The molecule has 0 aromatic rings. The number of carbonyl (C=O) groups is 1. The van der Waals surface area contributed by atoms with Crippen molar-refractivity contribution in [2.45, 2.75) is 80.1 Å². The van der Waals surface area contributed by atoms with Crippen molar-refractivity contribution in [1.82, 2.24) is 4.31 Å². The zero-order valence-electron chi connectivity index (χ0n) is 19.4. The van der Waals surface area contributed by atoms with Crippen LogP contribution in [0.5, 0.6) is 0 Å². The Morgan fingerprint density at radius 2 is 1.02 bits per heavy atom. The third-order valence-electron chi connectivity index (χ3n) is 5.01. The van der Waals surface area contributed by atoms with Gasteiger partial charge in [0, 0.05) is 12.7 Å². The first-order valence-electron chi connectivity index (χ1n) is 9.99. The average molecular weight is 653 g/mol. The number of carboxylic acid groups (broad SMARTS) is 1. The standard InChI is InChI=1S/C17H16F17NO4S/c1-3-5-6-35(7-8(4-2)9(36)37)40(38,39)17(33,34)15(28,29)13(24,25)11(20,21)10(18,19)12(22,23)14(26,27)16(30,31)32/h7H,3-6H2,1-2H3,(H,36,37). The van der Waals surface area contributed by atoms with E-state index >= 15 is 0 Å². The highest BCUT2D eigenvalue weighted by Crippen LogP contribution is 2.64. The number of hydrogen-bond acceptors (Lipinski definition) is 3. The molecule has 1 N–H and O–H groups in total. The molecule has 0 bridgehead atoms. The van der Waals surface area contributed by atoms with Gasteiger partial charge in [-0.05, 0) is 12.8 Å². The summed E-state index contributed by atoms with van der Waals surface area (Å²) < 4.78 is 252. The van der Waals surface area contributed by atoms with Gasteiger partial charge >= 0.3 is 63.0 Å². The number of carboxylic acids is 1. The van der Waals surface area contributed by atoms with Crippen LogP contribution in [0.25, 0.3) is 0 Å². The molecule has 0 atom stereocenters. The zero-order valence-corrected chi connectivity index (χ0v) is 20.2. The van der Waals surface area contributed by atoms with Gasteiger partial charge in [-0.15, -0.1) is 0 Å². The molecule has 0 heterocycles. The molecule has 0 aliphatic carbocycles. The molecule has 0 amide bonds. The van der Waals surface area contributed by atoms with Gasteiger partial charge in [0.2, 0.25) is 0 Å².